The molecule has 2 rings (SSSR count). The highest BCUT2D eigenvalue weighted by molar-refractivity contribution is 7.89. The van der Waals surface area contributed by atoms with E-state index in [1.807, 2.05) is 0 Å². The topological polar surface area (TPSA) is 58.2 Å². The van der Waals surface area contributed by atoms with Crippen LogP contribution in [0.4, 0.5) is 0 Å². The second kappa shape index (κ2) is 5.47. The lowest BCUT2D eigenvalue weighted by atomic mass is 9.94. The van der Waals surface area contributed by atoms with E-state index in [0.717, 1.165) is 45.2 Å². The van der Waals surface area contributed by atoms with Crippen LogP contribution in [0.25, 0.3) is 0 Å². The SMILES string of the molecule is O=S(=O)(CCC1CCNCC1)NC1CCC1. The number of piperidine rings is 1. The Morgan fingerprint density at radius 1 is 1.12 bits per heavy atom. The van der Waals surface area contributed by atoms with Gasteiger partial charge in [0.15, 0.2) is 0 Å². The molecule has 0 aromatic carbocycles. The van der Waals surface area contributed by atoms with Gasteiger partial charge in [-0.2, -0.15) is 0 Å². The number of hydrogen-bond acceptors (Lipinski definition) is 3. The van der Waals surface area contributed by atoms with Crippen molar-refractivity contribution in [2.24, 2.45) is 5.92 Å². The number of rotatable bonds is 5. The maximum absolute atomic E-state index is 11.7. The van der Waals surface area contributed by atoms with Crippen LogP contribution >= 0.6 is 0 Å². The standard InChI is InChI=1S/C11H22N2O2S/c14-16(15,13-11-2-1-3-11)9-6-10-4-7-12-8-5-10/h10-13H,1-9H2. The maximum Gasteiger partial charge on any atom is 0.211 e. The Kier molecular flexibility index (Phi) is 4.21. The maximum atomic E-state index is 11.7. The quantitative estimate of drug-likeness (QED) is 0.756. The molecular formula is C11H22N2O2S. The van der Waals surface area contributed by atoms with Gasteiger partial charge in [-0.3, -0.25) is 0 Å². The Morgan fingerprint density at radius 3 is 2.38 bits per heavy atom. The van der Waals surface area contributed by atoms with Gasteiger partial charge in [-0.25, -0.2) is 13.1 Å². The van der Waals surface area contributed by atoms with Crippen molar-refractivity contribution in [3.05, 3.63) is 0 Å². The molecule has 0 spiro atoms. The molecule has 0 radical (unpaired) electrons. The van der Waals surface area contributed by atoms with Crippen LogP contribution in [0.5, 0.6) is 0 Å². The second-order valence-corrected chi connectivity index (χ2v) is 6.92. The number of hydrogen-bond donors (Lipinski definition) is 2. The smallest absolute Gasteiger partial charge is 0.211 e. The van der Waals surface area contributed by atoms with Gasteiger partial charge < -0.3 is 5.32 Å². The number of nitrogens with one attached hydrogen (secondary N) is 2. The van der Waals surface area contributed by atoms with Crippen LogP contribution in [0, 0.1) is 5.92 Å². The van der Waals surface area contributed by atoms with E-state index in [2.05, 4.69) is 10.0 Å². The number of sulfonamides is 1. The lowest BCUT2D eigenvalue weighted by Crippen LogP contribution is -2.41. The van der Waals surface area contributed by atoms with Crippen LogP contribution in [0.3, 0.4) is 0 Å². The molecule has 1 aliphatic carbocycles. The summed E-state index contributed by atoms with van der Waals surface area (Å²) in [6.07, 6.45) is 6.28. The van der Waals surface area contributed by atoms with Crippen molar-refractivity contribution in [1.82, 2.24) is 10.0 Å². The Balaban J connectivity index is 1.70. The summed E-state index contributed by atoms with van der Waals surface area (Å²) < 4.78 is 26.3. The molecule has 2 N–H and O–H groups in total. The minimum absolute atomic E-state index is 0.234. The van der Waals surface area contributed by atoms with Gasteiger partial charge in [-0.1, -0.05) is 6.42 Å². The Labute approximate surface area is 98.2 Å². The van der Waals surface area contributed by atoms with E-state index in [1.54, 1.807) is 0 Å². The molecular weight excluding hydrogens is 224 g/mol. The van der Waals surface area contributed by atoms with Crippen molar-refractivity contribution in [1.29, 1.82) is 0 Å². The Morgan fingerprint density at radius 2 is 1.81 bits per heavy atom. The van der Waals surface area contributed by atoms with Crippen molar-refractivity contribution in [2.75, 3.05) is 18.8 Å². The Hall–Kier alpha value is -0.130. The summed E-state index contributed by atoms with van der Waals surface area (Å²) in [5.74, 6) is 0.910. The molecule has 1 heterocycles. The average molecular weight is 246 g/mol. The van der Waals surface area contributed by atoms with E-state index in [9.17, 15) is 8.42 Å². The molecule has 2 fully saturated rings. The fourth-order valence-corrected chi connectivity index (χ4v) is 3.84. The molecule has 0 atom stereocenters. The molecule has 1 saturated carbocycles. The van der Waals surface area contributed by atoms with E-state index < -0.39 is 10.0 Å². The van der Waals surface area contributed by atoms with Gasteiger partial charge in [0.05, 0.1) is 5.75 Å². The fourth-order valence-electron chi connectivity index (χ4n) is 2.33. The molecule has 0 unspecified atom stereocenters. The van der Waals surface area contributed by atoms with E-state index in [-0.39, 0.29) is 6.04 Å². The minimum Gasteiger partial charge on any atom is -0.317 e. The summed E-state index contributed by atoms with van der Waals surface area (Å²) in [4.78, 5) is 0. The van der Waals surface area contributed by atoms with Crippen LogP contribution in [0.1, 0.15) is 38.5 Å². The fraction of sp³-hybridized carbons (Fsp3) is 1.00. The van der Waals surface area contributed by atoms with Gasteiger partial charge in [0.2, 0.25) is 10.0 Å². The predicted octanol–water partition coefficient (Wildman–Crippen LogP) is 0.848. The van der Waals surface area contributed by atoms with Crippen LogP contribution in [0.15, 0.2) is 0 Å². The van der Waals surface area contributed by atoms with Gasteiger partial charge in [0.25, 0.3) is 0 Å². The normalized spacial score (nSPS) is 24.2. The van der Waals surface area contributed by atoms with E-state index >= 15 is 0 Å². The summed E-state index contributed by atoms with van der Waals surface area (Å²) in [5, 5.41) is 3.30. The van der Waals surface area contributed by atoms with Crippen LogP contribution in [0.2, 0.25) is 0 Å². The molecule has 94 valence electrons. The molecule has 0 aromatic heterocycles. The first-order valence-electron chi connectivity index (χ1n) is 6.36. The van der Waals surface area contributed by atoms with Crippen molar-refractivity contribution >= 4 is 10.0 Å². The molecule has 1 aliphatic heterocycles. The molecule has 16 heavy (non-hydrogen) atoms. The van der Waals surface area contributed by atoms with Gasteiger partial charge in [-0.15, -0.1) is 0 Å². The van der Waals surface area contributed by atoms with Gasteiger partial charge in [0, 0.05) is 6.04 Å². The molecule has 5 heteroatoms. The zero-order valence-corrected chi connectivity index (χ0v) is 10.6. The monoisotopic (exact) mass is 246 g/mol. The highest BCUT2D eigenvalue weighted by atomic mass is 32.2. The third-order valence-corrected chi connectivity index (χ3v) is 5.17. The van der Waals surface area contributed by atoms with Crippen molar-refractivity contribution in [2.45, 2.75) is 44.6 Å². The van der Waals surface area contributed by atoms with Crippen molar-refractivity contribution < 1.29 is 8.42 Å². The van der Waals surface area contributed by atoms with E-state index in [1.165, 1.54) is 6.42 Å². The summed E-state index contributed by atoms with van der Waals surface area (Å²) in [7, 11) is -3.01. The second-order valence-electron chi connectivity index (χ2n) is 5.05. The van der Waals surface area contributed by atoms with Gasteiger partial charge in [-0.05, 0) is 51.1 Å². The average Bonchev–Trinajstić information content (AvgIpc) is 2.23. The largest absolute Gasteiger partial charge is 0.317 e. The van der Waals surface area contributed by atoms with Gasteiger partial charge >= 0.3 is 0 Å². The van der Waals surface area contributed by atoms with Crippen molar-refractivity contribution in [3.63, 3.8) is 0 Å². The van der Waals surface area contributed by atoms with Crippen LogP contribution < -0.4 is 10.0 Å². The lowest BCUT2D eigenvalue weighted by molar-refractivity contribution is 0.360. The third-order valence-electron chi connectivity index (χ3n) is 3.70. The van der Waals surface area contributed by atoms with E-state index in [0.29, 0.717) is 11.7 Å². The summed E-state index contributed by atoms with van der Waals surface area (Å²) in [6.45, 7) is 2.08. The van der Waals surface area contributed by atoms with E-state index in [4.69, 9.17) is 0 Å². The molecule has 1 saturated heterocycles. The van der Waals surface area contributed by atoms with Crippen molar-refractivity contribution in [3.8, 4) is 0 Å². The zero-order valence-electron chi connectivity index (χ0n) is 9.74. The van der Waals surface area contributed by atoms with Crippen LogP contribution in [-0.2, 0) is 10.0 Å². The molecule has 2 aliphatic rings. The predicted molar refractivity (Wildman–Crippen MR) is 64.8 cm³/mol. The Bertz CT molecular complexity index is 306. The molecule has 0 bridgehead atoms. The molecule has 0 aromatic rings. The minimum atomic E-state index is -3.01. The third kappa shape index (κ3) is 3.71. The zero-order chi connectivity index (χ0) is 11.4. The highest BCUT2D eigenvalue weighted by Gasteiger charge is 2.24. The summed E-state index contributed by atoms with van der Waals surface area (Å²) >= 11 is 0. The summed E-state index contributed by atoms with van der Waals surface area (Å²) in [6, 6.07) is 0.234. The summed E-state index contributed by atoms with van der Waals surface area (Å²) in [5.41, 5.74) is 0. The lowest BCUT2D eigenvalue weighted by Gasteiger charge is -2.27. The van der Waals surface area contributed by atoms with Gasteiger partial charge in [0.1, 0.15) is 0 Å². The first-order chi connectivity index (χ1) is 7.66. The first kappa shape index (κ1) is 12.3. The first-order valence-corrected chi connectivity index (χ1v) is 8.02. The molecule has 0 amide bonds. The molecule has 4 nitrogen and oxygen atoms in total. The highest BCUT2D eigenvalue weighted by Crippen LogP contribution is 2.20. The van der Waals surface area contributed by atoms with Crippen LogP contribution in [-0.4, -0.2) is 33.3 Å².